The Bertz CT molecular complexity index is 2230. The summed E-state index contributed by atoms with van der Waals surface area (Å²) in [4.78, 5) is 53.4. The van der Waals surface area contributed by atoms with Gasteiger partial charge in [-0.05, 0) is 59.7 Å². The Morgan fingerprint density at radius 1 is 0.804 bits per heavy atom. The molecule has 3 aromatic carbocycles. The first kappa shape index (κ1) is 39.0. The molecular weight excluding hydrogens is 737 g/mol. The van der Waals surface area contributed by atoms with Crippen molar-refractivity contribution in [3.63, 3.8) is 0 Å². The highest BCUT2D eigenvalue weighted by Crippen LogP contribution is 2.33. The van der Waals surface area contributed by atoms with Crippen molar-refractivity contribution in [3.05, 3.63) is 126 Å². The number of carboxylic acids is 2. The van der Waals surface area contributed by atoms with Gasteiger partial charge in [-0.15, -0.1) is 0 Å². The maximum atomic E-state index is 13.2. The number of pyridine rings is 1. The van der Waals surface area contributed by atoms with Gasteiger partial charge in [0.25, 0.3) is 0 Å². The maximum absolute atomic E-state index is 13.2. The summed E-state index contributed by atoms with van der Waals surface area (Å²) in [5.74, 6) is -0.325. The molecule has 2 aromatic heterocycles. The molecule has 1 amide bonds. The molecule has 0 aliphatic carbocycles. The van der Waals surface area contributed by atoms with E-state index >= 15 is 0 Å². The summed E-state index contributed by atoms with van der Waals surface area (Å²) in [6.07, 6.45) is 0.0554. The highest BCUT2D eigenvalue weighted by Gasteiger charge is 2.30. The van der Waals surface area contributed by atoms with Crippen molar-refractivity contribution >= 4 is 34.5 Å². The van der Waals surface area contributed by atoms with Crippen LogP contribution < -0.4 is 14.2 Å². The van der Waals surface area contributed by atoms with Crippen molar-refractivity contribution in [1.82, 2.24) is 19.4 Å². The summed E-state index contributed by atoms with van der Waals surface area (Å²) in [6.45, 7) is 4.18. The van der Waals surface area contributed by atoms with E-state index in [2.05, 4.69) is 9.88 Å². The van der Waals surface area contributed by atoms with Crippen LogP contribution in [0.3, 0.4) is 0 Å². The summed E-state index contributed by atoms with van der Waals surface area (Å²) in [5.41, 5.74) is 2.06. The van der Waals surface area contributed by atoms with Crippen LogP contribution in [0.1, 0.15) is 27.0 Å². The third kappa shape index (κ3) is 10.3. The fraction of sp³-hybridized carbons (Fsp3) is 0.225. The minimum absolute atomic E-state index is 0.00626. The number of aliphatic carboxylic acids is 2. The quantitative estimate of drug-likeness (QED) is 0.119. The van der Waals surface area contributed by atoms with Crippen LogP contribution in [0, 0.1) is 0 Å². The SMILES string of the molecule is O=C(Cc1ccc(Oc2ccc3c(ccn3CC(=O)N3CCN(Cc4ccc5c(c4)OCO5)CC3)c2)nc1)c1ccc(C(F)(F)F)cc1.O=C(O)/C=C/C(=O)O. The first-order valence-corrected chi connectivity index (χ1v) is 17.3. The molecule has 2 aliphatic rings. The van der Waals surface area contributed by atoms with Gasteiger partial charge in [0.15, 0.2) is 17.3 Å². The molecule has 4 heterocycles. The Labute approximate surface area is 317 Å². The number of hydrogen-bond acceptors (Lipinski definition) is 9. The predicted molar refractivity (Wildman–Crippen MR) is 195 cm³/mol. The molecule has 1 fully saturated rings. The number of benzene rings is 3. The van der Waals surface area contributed by atoms with Crippen LogP contribution in [-0.4, -0.2) is 86.2 Å². The molecule has 7 rings (SSSR count). The Morgan fingerprint density at radius 3 is 2.16 bits per heavy atom. The number of alkyl halides is 3. The van der Waals surface area contributed by atoms with Crippen molar-refractivity contribution in [3.8, 4) is 23.1 Å². The lowest BCUT2D eigenvalue weighted by Crippen LogP contribution is -2.49. The molecule has 2 aliphatic heterocycles. The average Bonchev–Trinajstić information content (AvgIpc) is 3.81. The van der Waals surface area contributed by atoms with Crippen LogP contribution >= 0.6 is 0 Å². The highest BCUT2D eigenvalue weighted by molar-refractivity contribution is 5.97. The lowest BCUT2D eigenvalue weighted by Gasteiger charge is -2.35. The number of hydrogen-bond donors (Lipinski definition) is 2. The van der Waals surface area contributed by atoms with Crippen LogP contribution in [0.4, 0.5) is 13.2 Å². The number of rotatable bonds is 11. The Morgan fingerprint density at radius 2 is 1.50 bits per heavy atom. The molecule has 0 bridgehead atoms. The van der Waals surface area contributed by atoms with Crippen LogP contribution in [0.25, 0.3) is 10.9 Å². The van der Waals surface area contributed by atoms with Crippen molar-refractivity contribution < 1.29 is 56.8 Å². The number of ether oxygens (including phenoxy) is 3. The lowest BCUT2D eigenvalue weighted by atomic mass is 10.0. The monoisotopic (exact) mass is 772 g/mol. The van der Waals surface area contributed by atoms with Crippen LogP contribution in [0.15, 0.2) is 103 Å². The summed E-state index contributed by atoms with van der Waals surface area (Å²) in [5, 5.41) is 16.5. The van der Waals surface area contributed by atoms with E-state index in [1.165, 1.54) is 18.3 Å². The van der Waals surface area contributed by atoms with Crippen molar-refractivity contribution in [2.75, 3.05) is 33.0 Å². The molecule has 2 N–H and O–H groups in total. The second-order valence-corrected chi connectivity index (χ2v) is 12.8. The standard InChI is InChI=1S/C36H31F3N4O5.C4H4O4/c37-36(38,39)28-5-3-26(4-6-28)31(44)17-24-2-10-34(40-20-24)48-29-7-8-30-27(19-29)11-12-43(30)22-35(45)42-15-13-41(14-16-42)21-25-1-9-32-33(18-25)47-23-46-32;5-3(6)1-2-4(7)8/h1-12,18-20H,13-17,21-23H2;1-2H,(H,5,6)(H,7,8)/b;2-1+. The molecule has 16 heteroatoms. The minimum atomic E-state index is -4.45. The van der Waals surface area contributed by atoms with Gasteiger partial charge in [0.2, 0.25) is 18.6 Å². The lowest BCUT2D eigenvalue weighted by molar-refractivity contribution is -0.137. The molecule has 13 nitrogen and oxygen atoms in total. The largest absolute Gasteiger partial charge is 0.478 e. The van der Waals surface area contributed by atoms with Crippen molar-refractivity contribution in [1.29, 1.82) is 0 Å². The molecular formula is C40H35F3N4O9. The second kappa shape index (κ2) is 17.2. The number of Topliss-reactive ketones (excluding diaryl/α,β-unsaturated/α-hetero) is 1. The molecule has 290 valence electrons. The summed E-state index contributed by atoms with van der Waals surface area (Å²) < 4.78 is 57.2. The van der Waals surface area contributed by atoms with Crippen molar-refractivity contribution in [2.45, 2.75) is 25.7 Å². The number of amides is 1. The number of nitrogens with zero attached hydrogens (tertiary/aromatic N) is 4. The number of halogens is 3. The summed E-state index contributed by atoms with van der Waals surface area (Å²) >= 11 is 0. The van der Waals surface area contributed by atoms with E-state index in [0.29, 0.717) is 42.4 Å². The first-order valence-electron chi connectivity index (χ1n) is 17.3. The van der Waals surface area contributed by atoms with Gasteiger partial charge in [-0.1, -0.05) is 24.3 Å². The van der Waals surface area contributed by atoms with Gasteiger partial charge < -0.3 is 33.9 Å². The topological polar surface area (TPSA) is 161 Å². The van der Waals surface area contributed by atoms with Gasteiger partial charge in [-0.2, -0.15) is 13.2 Å². The zero-order chi connectivity index (χ0) is 39.8. The minimum Gasteiger partial charge on any atom is -0.478 e. The van der Waals surface area contributed by atoms with Gasteiger partial charge in [0.1, 0.15) is 12.3 Å². The molecule has 56 heavy (non-hydrogen) atoms. The molecule has 0 unspecified atom stereocenters. The Kier molecular flexibility index (Phi) is 12.0. The number of ketones is 1. The number of carboxylic acid groups (broad SMARTS) is 2. The molecule has 0 radical (unpaired) electrons. The van der Waals surface area contributed by atoms with E-state index in [1.54, 1.807) is 12.1 Å². The highest BCUT2D eigenvalue weighted by atomic mass is 19.4. The number of carbonyl (C=O) groups is 4. The summed E-state index contributed by atoms with van der Waals surface area (Å²) in [6, 6.07) is 21.0. The number of fused-ring (bicyclic) bond motifs is 2. The first-order chi connectivity index (χ1) is 26.8. The van der Waals surface area contributed by atoms with Gasteiger partial charge in [-0.25, -0.2) is 14.6 Å². The van der Waals surface area contributed by atoms with Gasteiger partial charge in [0.05, 0.1) is 5.56 Å². The smallest absolute Gasteiger partial charge is 0.416 e. The van der Waals surface area contributed by atoms with Gasteiger partial charge in [-0.3, -0.25) is 14.5 Å². The number of aromatic nitrogens is 2. The van der Waals surface area contributed by atoms with Crippen LogP contribution in [0.5, 0.6) is 23.1 Å². The fourth-order valence-corrected chi connectivity index (χ4v) is 6.05. The van der Waals surface area contributed by atoms with E-state index < -0.39 is 23.7 Å². The van der Waals surface area contributed by atoms with Crippen LogP contribution in [-0.2, 0) is 40.1 Å². The zero-order valence-electron chi connectivity index (χ0n) is 29.6. The predicted octanol–water partition coefficient (Wildman–Crippen LogP) is 6.06. The Hall–Kier alpha value is -6.68. The van der Waals surface area contributed by atoms with E-state index in [4.69, 9.17) is 24.4 Å². The zero-order valence-corrected chi connectivity index (χ0v) is 29.6. The molecule has 5 aromatic rings. The second-order valence-electron chi connectivity index (χ2n) is 12.8. The maximum Gasteiger partial charge on any atom is 0.416 e. The molecule has 0 atom stereocenters. The molecule has 0 saturated carbocycles. The third-order valence-electron chi connectivity index (χ3n) is 8.90. The Balaban J connectivity index is 0.000000601. The van der Waals surface area contributed by atoms with Gasteiger partial charge in [0, 0.05) is 86.2 Å². The normalized spacial score (nSPS) is 14.0. The fourth-order valence-electron chi connectivity index (χ4n) is 6.05. The van der Waals surface area contributed by atoms with E-state index in [9.17, 15) is 32.3 Å². The number of piperazine rings is 1. The summed E-state index contributed by atoms with van der Waals surface area (Å²) in [7, 11) is 0. The van der Waals surface area contributed by atoms with Gasteiger partial charge >= 0.3 is 18.1 Å². The van der Waals surface area contributed by atoms with E-state index in [0.717, 1.165) is 59.7 Å². The van der Waals surface area contributed by atoms with Crippen LogP contribution in [0.2, 0.25) is 0 Å². The average molecular weight is 773 g/mol. The van der Waals surface area contributed by atoms with E-state index in [1.807, 2.05) is 58.1 Å². The van der Waals surface area contributed by atoms with Crippen molar-refractivity contribution in [2.24, 2.45) is 0 Å². The number of carbonyl (C=O) groups excluding carboxylic acids is 2. The third-order valence-corrected chi connectivity index (χ3v) is 8.90. The molecule has 1 saturated heterocycles. The van der Waals surface area contributed by atoms with E-state index in [-0.39, 0.29) is 37.0 Å². The molecule has 0 spiro atoms.